The Bertz CT molecular complexity index is 929. The fraction of sp³-hybridized carbons (Fsp3) is 0.350. The van der Waals surface area contributed by atoms with Gasteiger partial charge in [-0.05, 0) is 54.5 Å². The maximum Gasteiger partial charge on any atom is 0.243 e. The van der Waals surface area contributed by atoms with Gasteiger partial charge in [0.25, 0.3) is 0 Å². The molecule has 3 aromatic rings. The van der Waals surface area contributed by atoms with Crippen LogP contribution in [-0.4, -0.2) is 26.8 Å². The number of aromatic nitrogens is 4. The average Bonchev–Trinajstić information content (AvgIpc) is 3.13. The molecule has 0 amide bonds. The van der Waals surface area contributed by atoms with Gasteiger partial charge in [-0.25, -0.2) is 4.68 Å². The average molecular weight is 402 g/mol. The van der Waals surface area contributed by atoms with E-state index in [1.165, 1.54) is 5.56 Å². The quantitative estimate of drug-likeness (QED) is 0.578. The molecule has 0 aliphatic heterocycles. The predicted octanol–water partition coefficient (Wildman–Crippen LogP) is 4.24. The van der Waals surface area contributed by atoms with Crippen molar-refractivity contribution in [2.75, 3.05) is 11.9 Å². The van der Waals surface area contributed by atoms with Crippen molar-refractivity contribution in [1.82, 2.24) is 20.2 Å². The summed E-state index contributed by atoms with van der Waals surface area (Å²) in [5.74, 6) is 1.78. The van der Waals surface area contributed by atoms with Crippen LogP contribution in [0.2, 0.25) is 5.02 Å². The number of benzene rings is 2. The maximum atomic E-state index is 6.51. The van der Waals surface area contributed by atoms with Crippen molar-refractivity contribution in [2.45, 2.75) is 40.5 Å². The first-order valence-corrected chi connectivity index (χ1v) is 9.62. The minimum atomic E-state index is 0.421. The molecule has 0 aliphatic rings. The fourth-order valence-corrected chi connectivity index (χ4v) is 3.10. The van der Waals surface area contributed by atoms with Crippen molar-refractivity contribution in [1.29, 1.82) is 0 Å². The Hall–Kier alpha value is -2.80. The van der Waals surface area contributed by atoms with Gasteiger partial charge in [0.15, 0.2) is 11.5 Å². The highest BCUT2D eigenvalue weighted by Crippen LogP contribution is 2.37. The van der Waals surface area contributed by atoms with Gasteiger partial charge in [0.2, 0.25) is 5.95 Å². The van der Waals surface area contributed by atoms with Gasteiger partial charge in [-0.1, -0.05) is 46.5 Å². The molecule has 0 aliphatic carbocycles. The van der Waals surface area contributed by atoms with Gasteiger partial charge in [0.05, 0.1) is 11.6 Å². The summed E-state index contributed by atoms with van der Waals surface area (Å²) in [6.07, 6.45) is 0. The highest BCUT2D eigenvalue weighted by Gasteiger charge is 2.14. The molecule has 0 spiro atoms. The number of nitrogens with zero attached hydrogens (tertiary/aromatic N) is 4. The van der Waals surface area contributed by atoms with E-state index in [4.69, 9.17) is 21.1 Å². The lowest BCUT2D eigenvalue weighted by Crippen LogP contribution is -2.08. The second-order valence-electron chi connectivity index (χ2n) is 6.29. The Balaban J connectivity index is 1.75. The number of anilines is 1. The van der Waals surface area contributed by atoms with Gasteiger partial charge in [0, 0.05) is 13.1 Å². The van der Waals surface area contributed by atoms with Crippen LogP contribution in [0, 0.1) is 6.92 Å². The molecule has 1 N–H and O–H groups in total. The molecule has 3 rings (SSSR count). The summed E-state index contributed by atoms with van der Waals surface area (Å²) in [4.78, 5) is 0. The molecule has 148 valence electrons. The lowest BCUT2D eigenvalue weighted by Gasteiger charge is -2.16. The van der Waals surface area contributed by atoms with Gasteiger partial charge in [-0.15, -0.1) is 0 Å². The number of halogens is 1. The first-order valence-electron chi connectivity index (χ1n) is 9.24. The third kappa shape index (κ3) is 4.92. The Kier molecular flexibility index (Phi) is 6.71. The van der Waals surface area contributed by atoms with E-state index < -0.39 is 0 Å². The maximum absolute atomic E-state index is 6.51. The van der Waals surface area contributed by atoms with Crippen LogP contribution in [0.15, 0.2) is 36.4 Å². The van der Waals surface area contributed by atoms with Crippen molar-refractivity contribution < 1.29 is 9.47 Å². The van der Waals surface area contributed by atoms with E-state index in [-0.39, 0.29) is 0 Å². The van der Waals surface area contributed by atoms with E-state index in [0.29, 0.717) is 48.8 Å². The third-order valence-electron chi connectivity index (χ3n) is 4.12. The van der Waals surface area contributed by atoms with Crippen molar-refractivity contribution >= 4 is 17.5 Å². The van der Waals surface area contributed by atoms with E-state index in [1.807, 2.05) is 38.1 Å². The van der Waals surface area contributed by atoms with E-state index in [2.05, 4.69) is 39.9 Å². The molecule has 0 bridgehead atoms. The summed E-state index contributed by atoms with van der Waals surface area (Å²) in [7, 11) is 0. The summed E-state index contributed by atoms with van der Waals surface area (Å²) in [6, 6.07) is 12.0. The molecule has 1 heterocycles. The molecule has 1 aromatic heterocycles. The van der Waals surface area contributed by atoms with Gasteiger partial charge < -0.3 is 14.8 Å². The molecule has 0 atom stereocenters. The van der Waals surface area contributed by atoms with Crippen LogP contribution >= 0.6 is 11.6 Å². The standard InChI is InChI=1S/C20H24ClN5O2/c1-4-26-20(23-24-25-26)22-12-16-10-17(21)19(18(11-16)27-5-2)28-13-15-8-6-7-14(3)9-15/h6-11H,4-5,12-13H2,1-3H3,(H,22,23,25). The Morgan fingerprint density at radius 3 is 2.71 bits per heavy atom. The predicted molar refractivity (Wildman–Crippen MR) is 109 cm³/mol. The molecule has 8 heteroatoms. The molecule has 28 heavy (non-hydrogen) atoms. The monoisotopic (exact) mass is 401 g/mol. The summed E-state index contributed by atoms with van der Waals surface area (Å²) < 4.78 is 13.4. The summed E-state index contributed by atoms with van der Waals surface area (Å²) in [6.45, 7) is 8.10. The number of hydrogen-bond donors (Lipinski definition) is 1. The van der Waals surface area contributed by atoms with E-state index in [0.717, 1.165) is 11.1 Å². The topological polar surface area (TPSA) is 74.1 Å². The Labute approximate surface area is 169 Å². The third-order valence-corrected chi connectivity index (χ3v) is 4.40. The molecule has 0 saturated carbocycles. The first kappa shape index (κ1) is 19.9. The minimum absolute atomic E-state index is 0.421. The second-order valence-corrected chi connectivity index (χ2v) is 6.69. The number of tetrazole rings is 1. The minimum Gasteiger partial charge on any atom is -0.490 e. The second kappa shape index (κ2) is 9.41. The van der Waals surface area contributed by atoms with Gasteiger partial charge in [-0.3, -0.25) is 0 Å². The van der Waals surface area contributed by atoms with Crippen molar-refractivity contribution in [2.24, 2.45) is 0 Å². The normalized spacial score (nSPS) is 10.7. The number of aryl methyl sites for hydroxylation is 2. The molecule has 0 fully saturated rings. The van der Waals surface area contributed by atoms with Crippen LogP contribution in [0.1, 0.15) is 30.5 Å². The summed E-state index contributed by atoms with van der Waals surface area (Å²) in [5.41, 5.74) is 3.21. The zero-order valence-corrected chi connectivity index (χ0v) is 17.0. The summed E-state index contributed by atoms with van der Waals surface area (Å²) in [5, 5.41) is 15.3. The highest BCUT2D eigenvalue weighted by molar-refractivity contribution is 6.32. The lowest BCUT2D eigenvalue weighted by atomic mass is 10.1. The number of rotatable bonds is 9. The fourth-order valence-electron chi connectivity index (χ4n) is 2.81. The number of nitrogens with one attached hydrogen (secondary N) is 1. The first-order chi connectivity index (χ1) is 13.6. The Morgan fingerprint density at radius 1 is 1.11 bits per heavy atom. The number of hydrogen-bond acceptors (Lipinski definition) is 6. The zero-order chi connectivity index (χ0) is 19.9. The van der Waals surface area contributed by atoms with Crippen LogP contribution in [-0.2, 0) is 19.7 Å². The molecular formula is C20H24ClN5O2. The van der Waals surface area contributed by atoms with Gasteiger partial charge in [0.1, 0.15) is 6.61 Å². The molecule has 7 nitrogen and oxygen atoms in total. The molecule has 2 aromatic carbocycles. The SMILES string of the molecule is CCOc1cc(CNc2nnnn2CC)cc(Cl)c1OCc1cccc(C)c1. The van der Waals surface area contributed by atoms with Crippen LogP contribution in [0.5, 0.6) is 11.5 Å². The van der Waals surface area contributed by atoms with Crippen LogP contribution in [0.3, 0.4) is 0 Å². The van der Waals surface area contributed by atoms with Crippen LogP contribution in [0.4, 0.5) is 5.95 Å². The smallest absolute Gasteiger partial charge is 0.243 e. The van der Waals surface area contributed by atoms with Crippen molar-refractivity contribution in [3.05, 3.63) is 58.1 Å². The largest absolute Gasteiger partial charge is 0.490 e. The van der Waals surface area contributed by atoms with E-state index in [1.54, 1.807) is 4.68 Å². The molecular weight excluding hydrogens is 378 g/mol. The van der Waals surface area contributed by atoms with Crippen molar-refractivity contribution in [3.8, 4) is 11.5 Å². The van der Waals surface area contributed by atoms with Gasteiger partial charge >= 0.3 is 0 Å². The Morgan fingerprint density at radius 2 is 1.96 bits per heavy atom. The van der Waals surface area contributed by atoms with Gasteiger partial charge in [-0.2, -0.15) is 0 Å². The molecule has 0 unspecified atom stereocenters. The van der Waals surface area contributed by atoms with E-state index in [9.17, 15) is 0 Å². The van der Waals surface area contributed by atoms with Crippen LogP contribution < -0.4 is 14.8 Å². The van der Waals surface area contributed by atoms with Crippen molar-refractivity contribution in [3.63, 3.8) is 0 Å². The molecule has 0 saturated heterocycles. The summed E-state index contributed by atoms with van der Waals surface area (Å²) >= 11 is 6.51. The molecule has 0 radical (unpaired) electrons. The highest BCUT2D eigenvalue weighted by atomic mass is 35.5. The lowest BCUT2D eigenvalue weighted by molar-refractivity contribution is 0.269. The zero-order valence-electron chi connectivity index (χ0n) is 16.3. The number of ether oxygens (including phenoxy) is 2. The van der Waals surface area contributed by atoms with E-state index >= 15 is 0 Å². The van der Waals surface area contributed by atoms with Crippen LogP contribution in [0.25, 0.3) is 0 Å².